The summed E-state index contributed by atoms with van der Waals surface area (Å²) in [6.07, 6.45) is -2.14. The molecular formula is C9H11F3N2O. The molecule has 0 aromatic carbocycles. The molecule has 0 aliphatic heterocycles. The number of pyridine rings is 1. The summed E-state index contributed by atoms with van der Waals surface area (Å²) in [5, 5.41) is 0. The van der Waals surface area contributed by atoms with Gasteiger partial charge >= 0.3 is 6.18 Å². The zero-order chi connectivity index (χ0) is 11.1. The topological polar surface area (TPSA) is 34.1 Å². The average molecular weight is 220 g/mol. The van der Waals surface area contributed by atoms with Crippen LogP contribution in [-0.2, 0) is 11.3 Å². The predicted octanol–water partition coefficient (Wildman–Crippen LogP) is 1.71. The van der Waals surface area contributed by atoms with Gasteiger partial charge in [0.05, 0.1) is 0 Å². The first-order valence-electron chi connectivity index (χ1n) is 4.39. The fourth-order valence-corrected chi connectivity index (χ4v) is 0.930. The molecule has 84 valence electrons. The number of hydrogen-bond acceptors (Lipinski definition) is 3. The number of nitrogens with one attached hydrogen (secondary N) is 1. The van der Waals surface area contributed by atoms with Gasteiger partial charge in [0.1, 0.15) is 0 Å². The van der Waals surface area contributed by atoms with Crippen LogP contribution in [0, 0.1) is 0 Å². The summed E-state index contributed by atoms with van der Waals surface area (Å²) < 4.78 is 34.9. The van der Waals surface area contributed by atoms with Gasteiger partial charge in [0.15, 0.2) is 6.61 Å². The maximum absolute atomic E-state index is 11.6. The molecule has 0 amide bonds. The Kier molecular flexibility index (Phi) is 4.51. The summed E-state index contributed by atoms with van der Waals surface area (Å²) in [4.78, 5) is 8.22. The van der Waals surface area contributed by atoms with Gasteiger partial charge in [-0.1, -0.05) is 6.07 Å². The van der Waals surface area contributed by atoms with E-state index in [1.165, 1.54) is 0 Å². The molecule has 0 aliphatic carbocycles. The molecule has 0 unspecified atom stereocenters. The van der Waals surface area contributed by atoms with Crippen LogP contribution < -0.4 is 5.48 Å². The zero-order valence-corrected chi connectivity index (χ0v) is 7.92. The second kappa shape index (κ2) is 5.67. The van der Waals surface area contributed by atoms with E-state index >= 15 is 0 Å². The van der Waals surface area contributed by atoms with E-state index in [1.54, 1.807) is 18.3 Å². The van der Waals surface area contributed by atoms with Crippen LogP contribution >= 0.6 is 0 Å². The Morgan fingerprint density at radius 3 is 2.73 bits per heavy atom. The van der Waals surface area contributed by atoms with Crippen molar-refractivity contribution in [1.82, 2.24) is 10.5 Å². The molecule has 1 heterocycles. The van der Waals surface area contributed by atoms with Crippen LogP contribution in [0.4, 0.5) is 13.2 Å². The van der Waals surface area contributed by atoms with E-state index < -0.39 is 12.8 Å². The number of nitrogens with zero attached hydrogens (tertiary/aromatic N) is 1. The molecular weight excluding hydrogens is 209 g/mol. The lowest BCUT2D eigenvalue weighted by Gasteiger charge is -2.07. The molecule has 1 rings (SSSR count). The molecule has 0 saturated carbocycles. The molecule has 0 atom stereocenters. The van der Waals surface area contributed by atoms with Crippen molar-refractivity contribution in [2.24, 2.45) is 0 Å². The van der Waals surface area contributed by atoms with Crippen molar-refractivity contribution in [1.29, 1.82) is 0 Å². The van der Waals surface area contributed by atoms with Crippen molar-refractivity contribution in [2.45, 2.75) is 12.6 Å². The molecule has 1 N–H and O–H groups in total. The van der Waals surface area contributed by atoms with Crippen molar-refractivity contribution in [3.63, 3.8) is 0 Å². The normalized spacial score (nSPS) is 11.7. The van der Waals surface area contributed by atoms with Crippen molar-refractivity contribution in [3.8, 4) is 0 Å². The van der Waals surface area contributed by atoms with E-state index in [0.29, 0.717) is 13.0 Å². The van der Waals surface area contributed by atoms with Crippen LogP contribution in [0.1, 0.15) is 5.69 Å². The number of hydroxylamine groups is 1. The van der Waals surface area contributed by atoms with Crippen LogP contribution in [0.2, 0.25) is 0 Å². The minimum atomic E-state index is -4.29. The van der Waals surface area contributed by atoms with Crippen LogP contribution in [0.5, 0.6) is 0 Å². The van der Waals surface area contributed by atoms with Gasteiger partial charge in [-0.2, -0.15) is 13.2 Å². The lowest BCUT2D eigenvalue weighted by Crippen LogP contribution is -2.26. The number of aromatic nitrogens is 1. The van der Waals surface area contributed by atoms with Crippen molar-refractivity contribution < 1.29 is 18.0 Å². The minimum Gasteiger partial charge on any atom is -0.292 e. The molecule has 15 heavy (non-hydrogen) atoms. The number of halogens is 3. The number of hydrogen-bond donors (Lipinski definition) is 1. The second-order valence-electron chi connectivity index (χ2n) is 2.87. The SMILES string of the molecule is FC(F)(F)CONCCc1ccccn1. The van der Waals surface area contributed by atoms with Crippen LogP contribution in [0.25, 0.3) is 0 Å². The first-order chi connectivity index (χ1) is 7.08. The van der Waals surface area contributed by atoms with E-state index in [4.69, 9.17) is 0 Å². The van der Waals surface area contributed by atoms with Gasteiger partial charge in [-0.05, 0) is 12.1 Å². The third kappa shape index (κ3) is 6.03. The molecule has 0 bridgehead atoms. The average Bonchev–Trinajstić information content (AvgIpc) is 2.17. The summed E-state index contributed by atoms with van der Waals surface area (Å²) in [5.74, 6) is 0. The predicted molar refractivity (Wildman–Crippen MR) is 48.0 cm³/mol. The molecule has 0 aliphatic rings. The molecule has 6 heteroatoms. The Morgan fingerprint density at radius 2 is 2.13 bits per heavy atom. The van der Waals surface area contributed by atoms with Crippen LogP contribution in [0.15, 0.2) is 24.4 Å². The zero-order valence-electron chi connectivity index (χ0n) is 7.92. The van der Waals surface area contributed by atoms with E-state index in [9.17, 15) is 13.2 Å². The van der Waals surface area contributed by atoms with Gasteiger partial charge in [0, 0.05) is 24.9 Å². The summed E-state index contributed by atoms with van der Waals surface area (Å²) in [5.41, 5.74) is 3.04. The lowest BCUT2D eigenvalue weighted by atomic mass is 10.3. The summed E-state index contributed by atoms with van der Waals surface area (Å²) in [6, 6.07) is 5.39. The van der Waals surface area contributed by atoms with Gasteiger partial charge in [0.2, 0.25) is 0 Å². The summed E-state index contributed by atoms with van der Waals surface area (Å²) in [6.45, 7) is -0.984. The monoisotopic (exact) mass is 220 g/mol. The molecule has 0 radical (unpaired) electrons. The van der Waals surface area contributed by atoms with Crippen molar-refractivity contribution in [2.75, 3.05) is 13.2 Å². The third-order valence-electron chi connectivity index (χ3n) is 1.55. The Labute approximate surface area is 85.2 Å². The minimum absolute atomic E-state index is 0.299. The van der Waals surface area contributed by atoms with E-state index in [1.807, 2.05) is 6.07 Å². The summed E-state index contributed by atoms with van der Waals surface area (Å²) >= 11 is 0. The summed E-state index contributed by atoms with van der Waals surface area (Å²) in [7, 11) is 0. The fraction of sp³-hybridized carbons (Fsp3) is 0.444. The Balaban J connectivity index is 2.08. The largest absolute Gasteiger partial charge is 0.413 e. The molecule has 1 aromatic heterocycles. The van der Waals surface area contributed by atoms with Gasteiger partial charge in [0.25, 0.3) is 0 Å². The second-order valence-corrected chi connectivity index (χ2v) is 2.87. The van der Waals surface area contributed by atoms with Crippen LogP contribution in [0.3, 0.4) is 0 Å². The molecule has 1 aromatic rings. The molecule has 0 fully saturated rings. The van der Waals surface area contributed by atoms with E-state index in [-0.39, 0.29) is 0 Å². The highest BCUT2D eigenvalue weighted by Gasteiger charge is 2.27. The maximum Gasteiger partial charge on any atom is 0.413 e. The van der Waals surface area contributed by atoms with Gasteiger partial charge in [-0.25, -0.2) is 5.48 Å². The van der Waals surface area contributed by atoms with Crippen molar-refractivity contribution in [3.05, 3.63) is 30.1 Å². The maximum atomic E-state index is 11.6. The lowest BCUT2D eigenvalue weighted by molar-refractivity contribution is -0.189. The fourth-order valence-electron chi connectivity index (χ4n) is 0.930. The quantitative estimate of drug-likeness (QED) is 0.606. The molecule has 0 saturated heterocycles. The van der Waals surface area contributed by atoms with Gasteiger partial charge < -0.3 is 0 Å². The van der Waals surface area contributed by atoms with Crippen molar-refractivity contribution >= 4 is 0 Å². The highest BCUT2D eigenvalue weighted by atomic mass is 19.4. The highest BCUT2D eigenvalue weighted by Crippen LogP contribution is 2.13. The first kappa shape index (κ1) is 11.9. The smallest absolute Gasteiger partial charge is 0.292 e. The van der Waals surface area contributed by atoms with Crippen LogP contribution in [-0.4, -0.2) is 24.3 Å². The van der Waals surface area contributed by atoms with E-state index in [2.05, 4.69) is 15.3 Å². The van der Waals surface area contributed by atoms with Gasteiger partial charge in [-0.3, -0.25) is 9.82 Å². The Bertz CT molecular complexity index is 276. The molecule has 3 nitrogen and oxygen atoms in total. The Hall–Kier alpha value is -1.14. The van der Waals surface area contributed by atoms with Gasteiger partial charge in [-0.15, -0.1) is 0 Å². The number of rotatable bonds is 5. The third-order valence-corrected chi connectivity index (χ3v) is 1.55. The number of alkyl halides is 3. The molecule has 0 spiro atoms. The Morgan fingerprint density at radius 1 is 1.33 bits per heavy atom. The highest BCUT2D eigenvalue weighted by molar-refractivity contribution is 5.03. The first-order valence-corrected chi connectivity index (χ1v) is 4.39. The van der Waals surface area contributed by atoms with E-state index in [0.717, 1.165) is 5.69 Å². The standard InChI is InChI=1S/C9H11F3N2O/c10-9(11,12)7-15-14-6-4-8-3-1-2-5-13-8/h1-3,5,14H,4,6-7H2.